The summed E-state index contributed by atoms with van der Waals surface area (Å²) in [5.74, 6) is 1.31. The largest absolute Gasteiger partial charge is 0.490 e. The van der Waals surface area contributed by atoms with Gasteiger partial charge >= 0.3 is 6.03 Å². The molecule has 0 radical (unpaired) electrons. The van der Waals surface area contributed by atoms with Gasteiger partial charge in [0.1, 0.15) is 5.54 Å². The number of nitrogens with zero attached hydrogens (tertiary/aromatic N) is 5. The quantitative estimate of drug-likeness (QED) is 0.769. The number of carbonyl (C=O) groups excluding carboxylic acids is 2. The van der Waals surface area contributed by atoms with Gasteiger partial charge in [-0.2, -0.15) is 0 Å². The van der Waals surface area contributed by atoms with E-state index >= 15 is 0 Å². The zero-order chi connectivity index (χ0) is 19.7. The Hall–Kier alpha value is -3.17. The molecule has 4 rings (SSSR count). The van der Waals surface area contributed by atoms with E-state index in [2.05, 4.69) is 20.8 Å². The number of rotatable bonds is 5. The Bertz CT molecular complexity index is 913. The van der Waals surface area contributed by atoms with Gasteiger partial charge in [-0.25, -0.2) is 9.48 Å². The molecule has 148 valence electrons. The second-order valence-electron chi connectivity index (χ2n) is 6.98. The van der Waals surface area contributed by atoms with E-state index < -0.39 is 11.6 Å². The number of aromatic nitrogens is 4. The first-order valence-corrected chi connectivity index (χ1v) is 9.32. The molecule has 0 saturated carbocycles. The summed E-state index contributed by atoms with van der Waals surface area (Å²) in [6, 6.07) is 4.82. The number of carbonyl (C=O) groups is 2. The van der Waals surface area contributed by atoms with Crippen LogP contribution in [0.25, 0.3) is 0 Å². The summed E-state index contributed by atoms with van der Waals surface area (Å²) in [4.78, 5) is 26.9. The van der Waals surface area contributed by atoms with E-state index in [1.54, 1.807) is 29.8 Å². The van der Waals surface area contributed by atoms with Crippen molar-refractivity contribution in [3.63, 3.8) is 0 Å². The standard InChI is InChI=1S/C18H22N6O4/c1-3-7-24-15(20-21-22-24)11-23-16(25)18(2,19-17(23)26)12-5-6-13-14(10-12)28-9-4-8-27-13/h5-6,10H,3-4,7-9,11H2,1-2H3,(H,19,26). The summed E-state index contributed by atoms with van der Waals surface area (Å²) in [6.45, 7) is 5.43. The topological polar surface area (TPSA) is 111 Å². The molecule has 1 aromatic heterocycles. The van der Waals surface area contributed by atoms with Gasteiger partial charge in [0.15, 0.2) is 17.3 Å². The Morgan fingerprint density at radius 3 is 2.79 bits per heavy atom. The third-order valence-electron chi connectivity index (χ3n) is 4.94. The molecule has 2 aliphatic rings. The molecule has 1 unspecified atom stereocenters. The van der Waals surface area contributed by atoms with Crippen molar-refractivity contribution in [1.29, 1.82) is 0 Å². The lowest BCUT2D eigenvalue weighted by Gasteiger charge is -2.23. The summed E-state index contributed by atoms with van der Waals surface area (Å²) in [6.07, 6.45) is 1.63. The van der Waals surface area contributed by atoms with Crippen molar-refractivity contribution in [2.24, 2.45) is 0 Å². The average molecular weight is 386 g/mol. The summed E-state index contributed by atoms with van der Waals surface area (Å²) in [5.41, 5.74) is -0.573. The number of hydrogen-bond acceptors (Lipinski definition) is 7. The first-order valence-electron chi connectivity index (χ1n) is 9.32. The minimum Gasteiger partial charge on any atom is -0.490 e. The monoisotopic (exact) mass is 386 g/mol. The van der Waals surface area contributed by atoms with E-state index in [9.17, 15) is 9.59 Å². The molecule has 1 N–H and O–H groups in total. The highest BCUT2D eigenvalue weighted by Crippen LogP contribution is 2.36. The van der Waals surface area contributed by atoms with E-state index in [1.807, 2.05) is 6.92 Å². The second-order valence-corrected chi connectivity index (χ2v) is 6.98. The van der Waals surface area contributed by atoms with Crippen molar-refractivity contribution in [2.45, 2.75) is 45.3 Å². The van der Waals surface area contributed by atoms with Crippen LogP contribution in [-0.2, 0) is 23.4 Å². The van der Waals surface area contributed by atoms with Gasteiger partial charge in [0, 0.05) is 13.0 Å². The van der Waals surface area contributed by atoms with Crippen molar-refractivity contribution in [3.05, 3.63) is 29.6 Å². The van der Waals surface area contributed by atoms with Gasteiger partial charge in [0.05, 0.1) is 19.8 Å². The van der Waals surface area contributed by atoms with E-state index in [1.165, 1.54) is 0 Å². The Balaban J connectivity index is 1.60. The van der Waals surface area contributed by atoms with Crippen molar-refractivity contribution < 1.29 is 19.1 Å². The molecular formula is C18H22N6O4. The van der Waals surface area contributed by atoms with E-state index in [4.69, 9.17) is 9.47 Å². The molecule has 3 heterocycles. The van der Waals surface area contributed by atoms with Crippen molar-refractivity contribution in [3.8, 4) is 11.5 Å². The number of imide groups is 1. The lowest BCUT2D eigenvalue weighted by Crippen LogP contribution is -2.41. The number of benzene rings is 1. The first-order chi connectivity index (χ1) is 13.5. The zero-order valence-electron chi connectivity index (χ0n) is 15.8. The fourth-order valence-corrected chi connectivity index (χ4v) is 3.37. The lowest BCUT2D eigenvalue weighted by molar-refractivity contribution is -0.131. The minimum absolute atomic E-state index is 0.0117. The molecule has 10 heteroatoms. The predicted molar refractivity (Wildman–Crippen MR) is 96.6 cm³/mol. The predicted octanol–water partition coefficient (Wildman–Crippen LogP) is 1.21. The van der Waals surface area contributed by atoms with Gasteiger partial charge in [-0.15, -0.1) is 5.10 Å². The zero-order valence-corrected chi connectivity index (χ0v) is 15.8. The van der Waals surface area contributed by atoms with Crippen molar-refractivity contribution in [2.75, 3.05) is 13.2 Å². The Morgan fingerprint density at radius 2 is 2.00 bits per heavy atom. The molecule has 0 bridgehead atoms. The van der Waals surface area contributed by atoms with Gasteiger partial charge in [-0.3, -0.25) is 9.69 Å². The van der Waals surface area contributed by atoms with Gasteiger partial charge in [0.2, 0.25) is 0 Å². The molecule has 1 saturated heterocycles. The van der Waals surface area contributed by atoms with Crippen LogP contribution >= 0.6 is 0 Å². The van der Waals surface area contributed by atoms with Crippen LogP contribution in [0.3, 0.4) is 0 Å². The third kappa shape index (κ3) is 3.04. The number of amides is 3. The van der Waals surface area contributed by atoms with Crippen LogP contribution in [0.2, 0.25) is 0 Å². The third-order valence-corrected chi connectivity index (χ3v) is 4.94. The van der Waals surface area contributed by atoms with Crippen LogP contribution in [0.4, 0.5) is 4.79 Å². The molecule has 3 amide bonds. The molecule has 28 heavy (non-hydrogen) atoms. The van der Waals surface area contributed by atoms with Crippen molar-refractivity contribution in [1.82, 2.24) is 30.4 Å². The first kappa shape index (κ1) is 18.2. The summed E-state index contributed by atoms with van der Waals surface area (Å²) < 4.78 is 13.0. The molecule has 2 aromatic rings. The second kappa shape index (κ2) is 7.10. The van der Waals surface area contributed by atoms with Gasteiger partial charge < -0.3 is 14.8 Å². The van der Waals surface area contributed by atoms with Gasteiger partial charge in [-0.1, -0.05) is 13.0 Å². The molecular weight excluding hydrogens is 364 g/mol. The number of urea groups is 1. The maximum atomic E-state index is 13.2. The van der Waals surface area contributed by atoms with Crippen molar-refractivity contribution >= 4 is 11.9 Å². The van der Waals surface area contributed by atoms with Crippen LogP contribution in [0, 0.1) is 0 Å². The summed E-state index contributed by atoms with van der Waals surface area (Å²) in [7, 11) is 0. The van der Waals surface area contributed by atoms with E-state index in [0.717, 1.165) is 17.7 Å². The maximum Gasteiger partial charge on any atom is 0.325 e. The van der Waals surface area contributed by atoms with Crippen LogP contribution in [0.5, 0.6) is 11.5 Å². The Morgan fingerprint density at radius 1 is 1.21 bits per heavy atom. The SMILES string of the molecule is CCCn1nnnc1CN1C(=O)NC(C)(c2ccc3c(c2)OCCCO3)C1=O. The number of hydrogen-bond donors (Lipinski definition) is 1. The number of ether oxygens (including phenoxy) is 2. The van der Waals surface area contributed by atoms with Gasteiger partial charge in [0.25, 0.3) is 5.91 Å². The highest BCUT2D eigenvalue weighted by Gasteiger charge is 2.49. The van der Waals surface area contributed by atoms with Gasteiger partial charge in [-0.05, 0) is 41.5 Å². The Kier molecular flexibility index (Phi) is 4.62. The summed E-state index contributed by atoms with van der Waals surface area (Å²) in [5, 5.41) is 14.3. The fourth-order valence-electron chi connectivity index (χ4n) is 3.37. The highest BCUT2D eigenvalue weighted by molar-refractivity contribution is 6.07. The number of nitrogens with one attached hydrogen (secondary N) is 1. The molecule has 0 aliphatic carbocycles. The lowest BCUT2D eigenvalue weighted by atomic mass is 9.91. The molecule has 0 spiro atoms. The average Bonchev–Trinajstić information content (AvgIpc) is 3.09. The normalized spacial score (nSPS) is 21.6. The molecule has 1 atom stereocenters. The number of fused-ring (bicyclic) bond motifs is 1. The van der Waals surface area contributed by atoms with Crippen LogP contribution in [-0.4, -0.2) is 50.3 Å². The molecule has 10 nitrogen and oxygen atoms in total. The fraction of sp³-hybridized carbons (Fsp3) is 0.500. The Labute approximate surface area is 161 Å². The van der Waals surface area contributed by atoms with Crippen LogP contribution in [0.15, 0.2) is 18.2 Å². The summed E-state index contributed by atoms with van der Waals surface area (Å²) >= 11 is 0. The van der Waals surface area contributed by atoms with E-state index in [0.29, 0.717) is 42.6 Å². The van der Waals surface area contributed by atoms with E-state index in [-0.39, 0.29) is 12.5 Å². The highest BCUT2D eigenvalue weighted by atomic mass is 16.5. The minimum atomic E-state index is -1.20. The van der Waals surface area contributed by atoms with Crippen LogP contribution < -0.4 is 14.8 Å². The number of tetrazole rings is 1. The molecule has 2 aliphatic heterocycles. The molecule has 1 aromatic carbocycles. The molecule has 1 fully saturated rings. The smallest absolute Gasteiger partial charge is 0.325 e. The maximum absolute atomic E-state index is 13.2. The number of aryl methyl sites for hydroxylation is 1. The van der Waals surface area contributed by atoms with Crippen LogP contribution in [0.1, 0.15) is 38.1 Å².